The molecule has 1 saturated heterocycles. The molecular weight excluding hydrogens is 280 g/mol. The largest absolute Gasteiger partial charge is 0.369 e. The number of nitrogens with two attached hydrogens (primary N) is 2. The van der Waals surface area contributed by atoms with Crippen molar-refractivity contribution in [3.8, 4) is 0 Å². The number of rotatable bonds is 2. The summed E-state index contributed by atoms with van der Waals surface area (Å²) in [5.41, 5.74) is 13.1. The normalized spacial score (nSPS) is 16.5. The SMILES string of the molecule is CC(=O)Nc1ccc(N=C(N)N=C(N)N2CCCCC2)cc1. The van der Waals surface area contributed by atoms with Crippen LogP contribution in [0.3, 0.4) is 0 Å². The molecule has 0 atom stereocenters. The Morgan fingerprint density at radius 1 is 1.14 bits per heavy atom. The fourth-order valence-corrected chi connectivity index (χ4v) is 2.29. The van der Waals surface area contributed by atoms with Gasteiger partial charge in [0.1, 0.15) is 0 Å². The number of hydrogen-bond acceptors (Lipinski definition) is 2. The second kappa shape index (κ2) is 7.44. The zero-order valence-electron chi connectivity index (χ0n) is 12.7. The molecule has 0 saturated carbocycles. The Labute approximate surface area is 130 Å². The van der Waals surface area contributed by atoms with Crippen LogP contribution in [0.2, 0.25) is 0 Å². The molecule has 1 aromatic carbocycles. The maximum atomic E-state index is 11.0. The smallest absolute Gasteiger partial charge is 0.223 e. The number of nitrogens with one attached hydrogen (secondary N) is 1. The van der Waals surface area contributed by atoms with Gasteiger partial charge in [-0.05, 0) is 43.5 Å². The van der Waals surface area contributed by atoms with E-state index in [9.17, 15) is 4.79 Å². The standard InChI is InChI=1S/C15H22N6O/c1-11(22)18-12-5-7-13(8-6-12)19-14(16)20-15(17)21-9-3-2-4-10-21/h5-8H,2-4,9-10H2,1H3,(H,18,22)(H4,16,17,19,20). The summed E-state index contributed by atoms with van der Waals surface area (Å²) in [5.74, 6) is 0.417. The fraction of sp³-hybridized carbons (Fsp3) is 0.400. The highest BCUT2D eigenvalue weighted by Crippen LogP contribution is 2.16. The van der Waals surface area contributed by atoms with E-state index in [0.29, 0.717) is 17.3 Å². The summed E-state index contributed by atoms with van der Waals surface area (Å²) >= 11 is 0. The van der Waals surface area contributed by atoms with Gasteiger partial charge in [-0.1, -0.05) is 0 Å². The lowest BCUT2D eigenvalue weighted by Gasteiger charge is -2.27. The molecule has 0 radical (unpaired) electrons. The van der Waals surface area contributed by atoms with Crippen molar-refractivity contribution >= 4 is 29.2 Å². The van der Waals surface area contributed by atoms with E-state index in [1.54, 1.807) is 24.3 Å². The van der Waals surface area contributed by atoms with Gasteiger partial charge in [-0.2, -0.15) is 4.99 Å². The zero-order valence-corrected chi connectivity index (χ0v) is 12.7. The van der Waals surface area contributed by atoms with Crippen molar-refractivity contribution in [1.29, 1.82) is 0 Å². The number of amides is 1. The van der Waals surface area contributed by atoms with Crippen LogP contribution in [0.4, 0.5) is 11.4 Å². The molecule has 0 unspecified atom stereocenters. The van der Waals surface area contributed by atoms with Gasteiger partial charge in [0, 0.05) is 25.7 Å². The van der Waals surface area contributed by atoms with Gasteiger partial charge in [0.25, 0.3) is 0 Å². The highest BCUT2D eigenvalue weighted by atomic mass is 16.1. The van der Waals surface area contributed by atoms with Gasteiger partial charge in [-0.25, -0.2) is 4.99 Å². The molecule has 0 aromatic heterocycles. The molecular formula is C15H22N6O. The highest BCUT2D eigenvalue weighted by Gasteiger charge is 2.12. The fourth-order valence-electron chi connectivity index (χ4n) is 2.29. The summed E-state index contributed by atoms with van der Waals surface area (Å²) in [6.45, 7) is 3.28. The van der Waals surface area contributed by atoms with Crippen molar-refractivity contribution in [1.82, 2.24) is 4.90 Å². The number of anilines is 1. The lowest BCUT2D eigenvalue weighted by molar-refractivity contribution is -0.114. The Hall–Kier alpha value is -2.57. The van der Waals surface area contributed by atoms with Crippen molar-refractivity contribution in [2.75, 3.05) is 18.4 Å². The Kier molecular flexibility index (Phi) is 5.35. The van der Waals surface area contributed by atoms with E-state index in [1.807, 2.05) is 4.90 Å². The van der Waals surface area contributed by atoms with E-state index in [0.717, 1.165) is 25.9 Å². The predicted molar refractivity (Wildman–Crippen MR) is 89.1 cm³/mol. The topological polar surface area (TPSA) is 109 Å². The van der Waals surface area contributed by atoms with Crippen molar-refractivity contribution in [3.63, 3.8) is 0 Å². The quantitative estimate of drug-likeness (QED) is 0.566. The van der Waals surface area contributed by atoms with E-state index in [2.05, 4.69) is 15.3 Å². The maximum absolute atomic E-state index is 11.0. The van der Waals surface area contributed by atoms with Crippen LogP contribution in [-0.2, 0) is 4.79 Å². The maximum Gasteiger partial charge on any atom is 0.223 e. The average molecular weight is 302 g/mol. The van der Waals surface area contributed by atoms with Gasteiger partial charge >= 0.3 is 0 Å². The Morgan fingerprint density at radius 3 is 2.36 bits per heavy atom. The molecule has 7 nitrogen and oxygen atoms in total. The first kappa shape index (κ1) is 15.8. The van der Waals surface area contributed by atoms with Crippen LogP contribution in [-0.4, -0.2) is 35.8 Å². The third kappa shape index (κ3) is 4.76. The first-order valence-electron chi connectivity index (χ1n) is 7.35. The molecule has 2 rings (SSSR count). The van der Waals surface area contributed by atoms with Crippen molar-refractivity contribution in [2.24, 2.45) is 21.5 Å². The minimum atomic E-state index is -0.116. The lowest BCUT2D eigenvalue weighted by atomic mass is 10.1. The van der Waals surface area contributed by atoms with Gasteiger partial charge in [0.2, 0.25) is 11.9 Å². The highest BCUT2D eigenvalue weighted by molar-refractivity contribution is 5.94. The summed E-state index contributed by atoms with van der Waals surface area (Å²) < 4.78 is 0. The number of aliphatic imine (C=N–C) groups is 2. The number of benzene rings is 1. The number of likely N-dealkylation sites (tertiary alicyclic amines) is 1. The van der Waals surface area contributed by atoms with E-state index in [-0.39, 0.29) is 11.9 Å². The summed E-state index contributed by atoms with van der Waals surface area (Å²) in [7, 11) is 0. The van der Waals surface area contributed by atoms with Gasteiger partial charge in [-0.15, -0.1) is 0 Å². The van der Waals surface area contributed by atoms with Gasteiger partial charge in [-0.3, -0.25) is 4.79 Å². The third-order valence-corrected chi connectivity index (χ3v) is 3.34. The summed E-state index contributed by atoms with van der Waals surface area (Å²) in [6, 6.07) is 7.02. The summed E-state index contributed by atoms with van der Waals surface area (Å²) in [5, 5.41) is 2.69. The number of nitrogens with zero attached hydrogens (tertiary/aromatic N) is 3. The van der Waals surface area contributed by atoms with Crippen LogP contribution in [0.5, 0.6) is 0 Å². The van der Waals surface area contributed by atoms with Gasteiger partial charge in [0.05, 0.1) is 5.69 Å². The third-order valence-electron chi connectivity index (χ3n) is 3.34. The number of hydrogen-bond donors (Lipinski definition) is 3. The van der Waals surface area contributed by atoms with E-state index in [1.165, 1.54) is 13.3 Å². The average Bonchev–Trinajstić information content (AvgIpc) is 2.49. The van der Waals surface area contributed by atoms with Crippen LogP contribution in [0, 0.1) is 0 Å². The van der Waals surface area contributed by atoms with E-state index in [4.69, 9.17) is 11.5 Å². The number of piperidine rings is 1. The minimum Gasteiger partial charge on any atom is -0.369 e. The van der Waals surface area contributed by atoms with E-state index >= 15 is 0 Å². The van der Waals surface area contributed by atoms with Crippen molar-refractivity contribution in [2.45, 2.75) is 26.2 Å². The molecule has 1 aliphatic heterocycles. The van der Waals surface area contributed by atoms with Crippen LogP contribution in [0.25, 0.3) is 0 Å². The van der Waals surface area contributed by atoms with Crippen LogP contribution < -0.4 is 16.8 Å². The monoisotopic (exact) mass is 302 g/mol. The van der Waals surface area contributed by atoms with Crippen LogP contribution in [0.1, 0.15) is 26.2 Å². The molecule has 5 N–H and O–H groups in total. The molecule has 1 aromatic rings. The predicted octanol–water partition coefficient (Wildman–Crippen LogP) is 1.39. The molecule has 0 bridgehead atoms. The first-order chi connectivity index (χ1) is 10.5. The van der Waals surface area contributed by atoms with Gasteiger partial charge in [0.15, 0.2) is 5.96 Å². The Morgan fingerprint density at radius 2 is 1.77 bits per heavy atom. The Balaban J connectivity index is 2.02. The molecule has 1 aliphatic rings. The van der Waals surface area contributed by atoms with Crippen molar-refractivity contribution in [3.05, 3.63) is 24.3 Å². The molecule has 22 heavy (non-hydrogen) atoms. The van der Waals surface area contributed by atoms with Crippen molar-refractivity contribution < 1.29 is 4.79 Å². The summed E-state index contributed by atoms with van der Waals surface area (Å²) in [4.78, 5) is 21.3. The zero-order chi connectivity index (χ0) is 15.9. The molecule has 0 spiro atoms. The molecule has 1 fully saturated rings. The molecule has 7 heteroatoms. The molecule has 118 valence electrons. The Bertz CT molecular complexity index is 572. The first-order valence-corrected chi connectivity index (χ1v) is 7.35. The molecule has 1 amide bonds. The second-order valence-corrected chi connectivity index (χ2v) is 5.22. The molecule has 1 heterocycles. The van der Waals surface area contributed by atoms with Crippen LogP contribution >= 0.6 is 0 Å². The number of carbonyl (C=O) groups is 1. The number of guanidine groups is 2. The number of carbonyl (C=O) groups excluding carboxylic acids is 1. The van der Waals surface area contributed by atoms with Gasteiger partial charge < -0.3 is 21.7 Å². The minimum absolute atomic E-state index is 0.116. The molecule has 0 aliphatic carbocycles. The second-order valence-electron chi connectivity index (χ2n) is 5.22. The van der Waals surface area contributed by atoms with Crippen LogP contribution in [0.15, 0.2) is 34.3 Å². The lowest BCUT2D eigenvalue weighted by Crippen LogP contribution is -2.41. The summed E-state index contributed by atoms with van der Waals surface area (Å²) in [6.07, 6.45) is 3.48. The van der Waals surface area contributed by atoms with E-state index < -0.39 is 0 Å².